The molecular weight excluding hydrogens is 196 g/mol. The van der Waals surface area contributed by atoms with Gasteiger partial charge >= 0.3 is 0 Å². The quantitative estimate of drug-likeness (QED) is 0.817. The molecule has 2 N–H and O–H groups in total. The fourth-order valence-corrected chi connectivity index (χ4v) is 2.51. The third-order valence-corrected chi connectivity index (χ3v) is 3.43. The van der Waals surface area contributed by atoms with Crippen molar-refractivity contribution in [1.82, 2.24) is 0 Å². The Balaban J connectivity index is 2.42. The maximum absolute atomic E-state index is 13.6. The summed E-state index contributed by atoms with van der Waals surface area (Å²) in [6.07, 6.45) is 3.41. The van der Waals surface area contributed by atoms with Gasteiger partial charge < -0.3 is 5.73 Å². The van der Waals surface area contributed by atoms with Gasteiger partial charge in [-0.05, 0) is 37.9 Å². The smallest absolute Gasteiger partial charge is 0.129 e. The van der Waals surface area contributed by atoms with Crippen LogP contribution in [0.3, 0.4) is 0 Å². The molecule has 0 spiro atoms. The molecular formula is C12H15F2N. The molecule has 0 unspecified atom stereocenters. The second-order valence-corrected chi connectivity index (χ2v) is 4.27. The number of hydrogen-bond acceptors (Lipinski definition) is 1. The van der Waals surface area contributed by atoms with Crippen LogP contribution in [0.25, 0.3) is 0 Å². The molecule has 1 aromatic rings. The predicted molar refractivity (Wildman–Crippen MR) is 55.6 cm³/mol. The molecule has 0 atom stereocenters. The fraction of sp³-hybridized carbons (Fsp3) is 0.500. The molecule has 1 fully saturated rings. The van der Waals surface area contributed by atoms with E-state index in [9.17, 15) is 8.78 Å². The summed E-state index contributed by atoms with van der Waals surface area (Å²) in [6, 6.07) is 4.06. The Hall–Kier alpha value is -0.960. The van der Waals surface area contributed by atoms with Crippen LogP contribution in [0.5, 0.6) is 0 Å². The van der Waals surface area contributed by atoms with Crippen molar-refractivity contribution >= 4 is 0 Å². The first-order valence-electron chi connectivity index (χ1n) is 5.34. The average Bonchev–Trinajstić information content (AvgIpc) is 2.13. The van der Waals surface area contributed by atoms with Crippen molar-refractivity contribution in [1.29, 1.82) is 0 Å². The maximum Gasteiger partial charge on any atom is 0.129 e. The van der Waals surface area contributed by atoms with Crippen LogP contribution in [0.15, 0.2) is 18.2 Å². The SMILES string of the molecule is NCCC1(c2c(F)cccc2F)CCC1. The molecule has 0 aromatic heterocycles. The summed E-state index contributed by atoms with van der Waals surface area (Å²) in [5.41, 5.74) is 5.44. The Labute approximate surface area is 88.3 Å². The third kappa shape index (κ3) is 1.65. The first-order valence-corrected chi connectivity index (χ1v) is 5.34. The van der Waals surface area contributed by atoms with Gasteiger partial charge in [-0.25, -0.2) is 8.78 Å². The Morgan fingerprint density at radius 3 is 2.20 bits per heavy atom. The van der Waals surface area contributed by atoms with E-state index in [1.54, 1.807) is 0 Å². The molecule has 1 aromatic carbocycles. The number of rotatable bonds is 3. The highest BCUT2D eigenvalue weighted by atomic mass is 19.1. The van der Waals surface area contributed by atoms with Gasteiger partial charge in [0.05, 0.1) is 0 Å². The summed E-state index contributed by atoms with van der Waals surface area (Å²) < 4.78 is 27.2. The first-order chi connectivity index (χ1) is 7.19. The standard InChI is InChI=1S/C12H15F2N/c13-9-3-1-4-10(14)11(9)12(7-8-15)5-2-6-12/h1,3-4H,2,5-8,15H2. The van der Waals surface area contributed by atoms with Crippen molar-refractivity contribution in [2.75, 3.05) is 6.54 Å². The van der Waals surface area contributed by atoms with E-state index < -0.39 is 11.6 Å². The molecule has 3 heteroatoms. The summed E-state index contributed by atoms with van der Waals surface area (Å²) >= 11 is 0. The molecule has 1 aliphatic rings. The minimum Gasteiger partial charge on any atom is -0.330 e. The molecule has 0 radical (unpaired) electrons. The van der Waals surface area contributed by atoms with Crippen LogP contribution in [-0.2, 0) is 5.41 Å². The molecule has 82 valence electrons. The minimum atomic E-state index is -0.428. The lowest BCUT2D eigenvalue weighted by molar-refractivity contribution is 0.214. The van der Waals surface area contributed by atoms with Gasteiger partial charge in [0.15, 0.2) is 0 Å². The summed E-state index contributed by atoms with van der Waals surface area (Å²) in [7, 11) is 0. The van der Waals surface area contributed by atoms with E-state index in [2.05, 4.69) is 0 Å². The first kappa shape index (κ1) is 10.6. The van der Waals surface area contributed by atoms with Crippen molar-refractivity contribution in [2.24, 2.45) is 5.73 Å². The topological polar surface area (TPSA) is 26.0 Å². The summed E-state index contributed by atoms with van der Waals surface area (Å²) in [4.78, 5) is 0. The van der Waals surface area contributed by atoms with Crippen molar-refractivity contribution in [3.8, 4) is 0 Å². The summed E-state index contributed by atoms with van der Waals surface area (Å²) in [6.45, 7) is 0.480. The molecule has 0 amide bonds. The molecule has 0 saturated heterocycles. The van der Waals surface area contributed by atoms with Crippen LogP contribution in [0, 0.1) is 11.6 Å². The van der Waals surface area contributed by atoms with E-state index in [0.717, 1.165) is 19.3 Å². The van der Waals surface area contributed by atoms with Crippen molar-refractivity contribution in [2.45, 2.75) is 31.1 Å². The van der Waals surface area contributed by atoms with E-state index in [0.29, 0.717) is 13.0 Å². The zero-order valence-corrected chi connectivity index (χ0v) is 8.60. The zero-order chi connectivity index (χ0) is 10.9. The van der Waals surface area contributed by atoms with Crippen LogP contribution in [-0.4, -0.2) is 6.54 Å². The van der Waals surface area contributed by atoms with Crippen molar-refractivity contribution in [3.63, 3.8) is 0 Å². The van der Waals surface area contributed by atoms with E-state index in [4.69, 9.17) is 5.73 Å². The Morgan fingerprint density at radius 1 is 1.20 bits per heavy atom. The zero-order valence-electron chi connectivity index (χ0n) is 8.60. The largest absolute Gasteiger partial charge is 0.330 e. The number of halogens is 2. The Bertz CT molecular complexity index is 338. The predicted octanol–water partition coefficient (Wildman–Crippen LogP) is 2.74. The van der Waals surface area contributed by atoms with E-state index in [1.807, 2.05) is 0 Å². The molecule has 0 bridgehead atoms. The lowest BCUT2D eigenvalue weighted by Gasteiger charge is -2.42. The maximum atomic E-state index is 13.6. The minimum absolute atomic E-state index is 0.252. The fourth-order valence-electron chi connectivity index (χ4n) is 2.51. The highest BCUT2D eigenvalue weighted by Gasteiger charge is 2.41. The molecule has 1 nitrogen and oxygen atoms in total. The van der Waals surface area contributed by atoms with Crippen molar-refractivity contribution < 1.29 is 8.78 Å². The number of benzene rings is 1. The molecule has 15 heavy (non-hydrogen) atoms. The van der Waals surface area contributed by atoms with Crippen LogP contribution in [0.4, 0.5) is 8.78 Å². The van der Waals surface area contributed by atoms with E-state index in [1.165, 1.54) is 18.2 Å². The van der Waals surface area contributed by atoms with Crippen molar-refractivity contribution in [3.05, 3.63) is 35.4 Å². The van der Waals surface area contributed by atoms with Gasteiger partial charge in [0.1, 0.15) is 11.6 Å². The number of nitrogens with two attached hydrogens (primary N) is 1. The lowest BCUT2D eigenvalue weighted by Crippen LogP contribution is -2.38. The van der Waals surface area contributed by atoms with E-state index >= 15 is 0 Å². The third-order valence-electron chi connectivity index (χ3n) is 3.43. The molecule has 1 aliphatic carbocycles. The highest BCUT2D eigenvalue weighted by molar-refractivity contribution is 5.31. The Morgan fingerprint density at radius 2 is 1.80 bits per heavy atom. The highest BCUT2D eigenvalue weighted by Crippen LogP contribution is 2.47. The second-order valence-electron chi connectivity index (χ2n) is 4.27. The van der Waals surface area contributed by atoms with Crippen LogP contribution in [0.1, 0.15) is 31.2 Å². The molecule has 0 aliphatic heterocycles. The molecule has 0 heterocycles. The molecule has 2 rings (SSSR count). The van der Waals surface area contributed by atoms with Gasteiger partial charge in [-0.15, -0.1) is 0 Å². The molecule has 1 saturated carbocycles. The monoisotopic (exact) mass is 211 g/mol. The van der Waals surface area contributed by atoms with Gasteiger partial charge in [0.2, 0.25) is 0 Å². The number of hydrogen-bond donors (Lipinski definition) is 1. The normalized spacial score (nSPS) is 18.6. The van der Waals surface area contributed by atoms with Gasteiger partial charge in [0.25, 0.3) is 0 Å². The van der Waals surface area contributed by atoms with Gasteiger partial charge in [-0.1, -0.05) is 12.5 Å². The average molecular weight is 211 g/mol. The van der Waals surface area contributed by atoms with Crippen LogP contribution >= 0.6 is 0 Å². The van der Waals surface area contributed by atoms with Gasteiger partial charge in [0, 0.05) is 11.0 Å². The van der Waals surface area contributed by atoms with Crippen LogP contribution < -0.4 is 5.73 Å². The van der Waals surface area contributed by atoms with Gasteiger partial charge in [-0.2, -0.15) is 0 Å². The van der Waals surface area contributed by atoms with Gasteiger partial charge in [-0.3, -0.25) is 0 Å². The van der Waals surface area contributed by atoms with Crippen LogP contribution in [0.2, 0.25) is 0 Å². The Kier molecular flexibility index (Phi) is 2.74. The lowest BCUT2D eigenvalue weighted by atomic mass is 9.62. The summed E-state index contributed by atoms with van der Waals surface area (Å²) in [5, 5.41) is 0. The second kappa shape index (κ2) is 3.89. The summed E-state index contributed by atoms with van der Waals surface area (Å²) in [5.74, 6) is -0.855. The van der Waals surface area contributed by atoms with E-state index in [-0.39, 0.29) is 11.0 Å².